The molecular formula is C16H30N2O3. The molecule has 1 aliphatic rings. The summed E-state index contributed by atoms with van der Waals surface area (Å²) < 4.78 is 5.38. The van der Waals surface area contributed by atoms with Gasteiger partial charge in [0.2, 0.25) is 11.8 Å². The third kappa shape index (κ3) is 4.19. The molecule has 1 fully saturated rings. The average molecular weight is 298 g/mol. The Labute approximate surface area is 128 Å². The molecule has 0 aromatic heterocycles. The second-order valence-electron chi connectivity index (χ2n) is 7.80. The molecule has 0 radical (unpaired) electrons. The Morgan fingerprint density at radius 2 is 1.67 bits per heavy atom. The molecule has 5 heteroatoms. The van der Waals surface area contributed by atoms with Crippen molar-refractivity contribution in [3.63, 3.8) is 0 Å². The zero-order valence-corrected chi connectivity index (χ0v) is 14.4. The molecule has 0 spiro atoms. The van der Waals surface area contributed by atoms with E-state index in [1.165, 1.54) is 0 Å². The van der Waals surface area contributed by atoms with Crippen LogP contribution in [-0.4, -0.2) is 48.6 Å². The molecule has 0 bridgehead atoms. The zero-order chi connectivity index (χ0) is 16.4. The Bertz CT molecular complexity index is 393. The molecule has 1 aliphatic heterocycles. The smallest absolute Gasteiger partial charge is 0.246 e. The van der Waals surface area contributed by atoms with Gasteiger partial charge in [0, 0.05) is 13.2 Å². The second kappa shape index (κ2) is 6.34. The Kier molecular flexibility index (Phi) is 5.42. The lowest BCUT2D eigenvalue weighted by atomic mass is 9.79. The van der Waals surface area contributed by atoms with Crippen molar-refractivity contribution in [1.82, 2.24) is 10.2 Å². The summed E-state index contributed by atoms with van der Waals surface area (Å²) >= 11 is 0. The monoisotopic (exact) mass is 298 g/mol. The number of piperazine rings is 1. The van der Waals surface area contributed by atoms with Crippen LogP contribution in [0.5, 0.6) is 0 Å². The van der Waals surface area contributed by atoms with E-state index in [-0.39, 0.29) is 22.6 Å². The predicted octanol–water partition coefficient (Wildman–Crippen LogP) is 1.81. The van der Waals surface area contributed by atoms with E-state index in [9.17, 15) is 9.59 Å². The van der Waals surface area contributed by atoms with Crippen molar-refractivity contribution in [2.45, 2.75) is 60.5 Å². The number of hydrogen-bond donors (Lipinski definition) is 1. The van der Waals surface area contributed by atoms with Crippen LogP contribution >= 0.6 is 0 Å². The van der Waals surface area contributed by atoms with E-state index in [2.05, 4.69) is 5.32 Å². The van der Waals surface area contributed by atoms with Crippen molar-refractivity contribution in [2.24, 2.45) is 10.8 Å². The largest absolute Gasteiger partial charge is 0.380 e. The number of rotatable bonds is 4. The lowest BCUT2D eigenvalue weighted by Gasteiger charge is -2.47. The maximum Gasteiger partial charge on any atom is 0.246 e. The SMILES string of the molecule is CCOCCN1C(=O)C(C(C)(C)C)NC(=O)C1C(C)(C)C. The lowest BCUT2D eigenvalue weighted by molar-refractivity contribution is -0.157. The summed E-state index contributed by atoms with van der Waals surface area (Å²) in [6, 6.07) is -0.936. The molecule has 0 aromatic carbocycles. The normalized spacial score (nSPS) is 24.2. The lowest BCUT2D eigenvalue weighted by Crippen LogP contribution is -2.69. The first-order valence-electron chi connectivity index (χ1n) is 7.68. The van der Waals surface area contributed by atoms with E-state index in [1.807, 2.05) is 48.5 Å². The minimum Gasteiger partial charge on any atom is -0.380 e. The van der Waals surface area contributed by atoms with Gasteiger partial charge in [-0.2, -0.15) is 0 Å². The van der Waals surface area contributed by atoms with Crippen LogP contribution in [0.1, 0.15) is 48.5 Å². The van der Waals surface area contributed by atoms with Gasteiger partial charge in [-0.3, -0.25) is 9.59 Å². The van der Waals surface area contributed by atoms with E-state index < -0.39 is 12.1 Å². The van der Waals surface area contributed by atoms with Gasteiger partial charge in [-0.25, -0.2) is 0 Å². The summed E-state index contributed by atoms with van der Waals surface area (Å²) in [5.74, 6) is -0.0831. The van der Waals surface area contributed by atoms with Gasteiger partial charge < -0.3 is 15.0 Å². The number of nitrogens with one attached hydrogen (secondary N) is 1. The number of ether oxygens (including phenoxy) is 1. The van der Waals surface area contributed by atoms with Crippen LogP contribution in [0, 0.1) is 10.8 Å². The topological polar surface area (TPSA) is 58.6 Å². The molecule has 1 saturated heterocycles. The van der Waals surface area contributed by atoms with E-state index >= 15 is 0 Å². The summed E-state index contributed by atoms with van der Waals surface area (Å²) in [4.78, 5) is 27.1. The standard InChI is InChI=1S/C16H30N2O3/c1-8-21-10-9-18-12(16(5,6)7)13(19)17-11(14(18)20)15(2,3)4/h11-12H,8-10H2,1-7H3,(H,17,19). The summed E-state index contributed by atoms with van der Waals surface area (Å²) in [7, 11) is 0. The Hall–Kier alpha value is -1.10. The number of carbonyl (C=O) groups excluding carboxylic acids is 2. The van der Waals surface area contributed by atoms with Crippen LogP contribution in [0.15, 0.2) is 0 Å². The van der Waals surface area contributed by atoms with Gasteiger partial charge in [-0.15, -0.1) is 0 Å². The van der Waals surface area contributed by atoms with Gasteiger partial charge in [0.1, 0.15) is 12.1 Å². The summed E-state index contributed by atoms with van der Waals surface area (Å²) in [6.07, 6.45) is 0. The molecule has 2 atom stereocenters. The highest BCUT2D eigenvalue weighted by atomic mass is 16.5. The van der Waals surface area contributed by atoms with Crippen molar-refractivity contribution in [1.29, 1.82) is 0 Å². The first kappa shape index (κ1) is 18.0. The summed E-state index contributed by atoms with van der Waals surface area (Å²) in [5.41, 5.74) is -0.617. The molecule has 1 rings (SSSR count). The second-order valence-corrected chi connectivity index (χ2v) is 7.80. The maximum atomic E-state index is 12.8. The third-order valence-electron chi connectivity index (χ3n) is 3.74. The summed E-state index contributed by atoms with van der Waals surface area (Å²) in [5, 5.41) is 2.91. The van der Waals surface area contributed by atoms with Crippen molar-refractivity contribution in [3.8, 4) is 0 Å². The van der Waals surface area contributed by atoms with E-state index in [1.54, 1.807) is 4.90 Å². The van der Waals surface area contributed by atoms with Crippen molar-refractivity contribution >= 4 is 11.8 Å². The summed E-state index contributed by atoms with van der Waals surface area (Å²) in [6.45, 7) is 15.3. The van der Waals surface area contributed by atoms with Crippen LogP contribution in [0.25, 0.3) is 0 Å². The van der Waals surface area contributed by atoms with Gasteiger partial charge in [-0.05, 0) is 17.8 Å². The first-order chi connectivity index (χ1) is 9.50. The number of amides is 2. The highest BCUT2D eigenvalue weighted by molar-refractivity contribution is 5.97. The Morgan fingerprint density at radius 3 is 2.10 bits per heavy atom. The fourth-order valence-corrected chi connectivity index (χ4v) is 2.71. The highest BCUT2D eigenvalue weighted by Gasteiger charge is 2.48. The zero-order valence-electron chi connectivity index (χ0n) is 14.4. The molecular weight excluding hydrogens is 268 g/mol. The van der Waals surface area contributed by atoms with Gasteiger partial charge in [0.05, 0.1) is 6.61 Å². The minimum absolute atomic E-state index is 0.0123. The quantitative estimate of drug-likeness (QED) is 0.805. The van der Waals surface area contributed by atoms with Crippen molar-refractivity contribution in [3.05, 3.63) is 0 Å². The van der Waals surface area contributed by atoms with Crippen LogP contribution in [0.4, 0.5) is 0 Å². The molecule has 2 unspecified atom stereocenters. The molecule has 5 nitrogen and oxygen atoms in total. The van der Waals surface area contributed by atoms with Crippen LogP contribution in [-0.2, 0) is 14.3 Å². The first-order valence-corrected chi connectivity index (χ1v) is 7.68. The van der Waals surface area contributed by atoms with E-state index in [0.29, 0.717) is 19.8 Å². The van der Waals surface area contributed by atoms with Crippen LogP contribution < -0.4 is 5.32 Å². The van der Waals surface area contributed by atoms with Crippen LogP contribution in [0.2, 0.25) is 0 Å². The molecule has 122 valence electrons. The molecule has 0 aliphatic carbocycles. The number of carbonyl (C=O) groups is 2. The molecule has 0 saturated carbocycles. The van der Waals surface area contributed by atoms with E-state index in [4.69, 9.17) is 4.74 Å². The Balaban J connectivity index is 3.05. The predicted molar refractivity (Wildman–Crippen MR) is 82.8 cm³/mol. The highest BCUT2D eigenvalue weighted by Crippen LogP contribution is 2.31. The molecule has 0 aromatic rings. The van der Waals surface area contributed by atoms with Gasteiger partial charge in [0.15, 0.2) is 0 Å². The number of hydrogen-bond acceptors (Lipinski definition) is 3. The van der Waals surface area contributed by atoms with Gasteiger partial charge in [0.25, 0.3) is 0 Å². The fourth-order valence-electron chi connectivity index (χ4n) is 2.71. The van der Waals surface area contributed by atoms with Crippen molar-refractivity contribution < 1.29 is 14.3 Å². The molecule has 21 heavy (non-hydrogen) atoms. The van der Waals surface area contributed by atoms with Gasteiger partial charge in [-0.1, -0.05) is 41.5 Å². The van der Waals surface area contributed by atoms with E-state index in [0.717, 1.165) is 0 Å². The fraction of sp³-hybridized carbons (Fsp3) is 0.875. The minimum atomic E-state index is -0.481. The third-order valence-corrected chi connectivity index (χ3v) is 3.74. The number of nitrogens with zero attached hydrogens (tertiary/aromatic N) is 1. The molecule has 1 heterocycles. The van der Waals surface area contributed by atoms with Gasteiger partial charge >= 0.3 is 0 Å². The molecule has 1 N–H and O–H groups in total. The molecule has 2 amide bonds. The maximum absolute atomic E-state index is 12.8. The Morgan fingerprint density at radius 1 is 1.10 bits per heavy atom. The average Bonchev–Trinajstić information content (AvgIpc) is 2.30. The van der Waals surface area contributed by atoms with Crippen LogP contribution in [0.3, 0.4) is 0 Å². The van der Waals surface area contributed by atoms with Crippen molar-refractivity contribution in [2.75, 3.05) is 19.8 Å².